The van der Waals surface area contributed by atoms with Crippen molar-refractivity contribution in [2.24, 2.45) is 0 Å². The number of rotatable bonds is 2. The minimum atomic E-state index is -1.78. The van der Waals surface area contributed by atoms with Crippen LogP contribution in [0.25, 0.3) is 0 Å². The molecule has 0 amide bonds. The molecule has 0 aliphatic heterocycles. The highest BCUT2D eigenvalue weighted by Gasteiger charge is 2.11. The monoisotopic (exact) mass is 130 g/mol. The van der Waals surface area contributed by atoms with Gasteiger partial charge in [-0.3, -0.25) is 0 Å². The Kier molecular flexibility index (Phi) is 2.11. The van der Waals surface area contributed by atoms with E-state index in [4.69, 9.17) is 0 Å². The van der Waals surface area contributed by atoms with E-state index in [0.29, 0.717) is 0 Å². The van der Waals surface area contributed by atoms with Gasteiger partial charge in [0.15, 0.2) is 0 Å². The zero-order valence-electron chi connectivity index (χ0n) is 3.61. The maximum atomic E-state index is 10.9. The second-order valence-electron chi connectivity index (χ2n) is 0.882. The first-order valence-corrected chi connectivity index (χ1v) is 1.48. The van der Waals surface area contributed by atoms with Crippen LogP contribution < -0.4 is 0 Å². The Bertz CT molecular complexity index is 80.0. The Balaban J connectivity index is 3.65. The minimum absolute atomic E-state index is 1.65. The van der Waals surface area contributed by atoms with Crippen molar-refractivity contribution in [3.8, 4) is 0 Å². The van der Waals surface area contributed by atoms with E-state index < -0.39 is 16.5 Å². The van der Waals surface area contributed by atoms with Gasteiger partial charge >= 0.3 is 0 Å². The third kappa shape index (κ3) is 1.67. The first kappa shape index (κ1) is 7.06. The van der Waals surface area contributed by atoms with Crippen molar-refractivity contribution in [3.63, 3.8) is 0 Å². The lowest BCUT2D eigenvalue weighted by molar-refractivity contribution is -0.220. The number of halogens is 4. The molecule has 0 aromatic carbocycles. The summed E-state index contributed by atoms with van der Waals surface area (Å²) in [6.45, 7) is 2.31. The van der Waals surface area contributed by atoms with E-state index in [9.17, 15) is 17.9 Å². The Morgan fingerprint density at radius 2 is 1.25 bits per heavy atom. The van der Waals surface area contributed by atoms with Gasteiger partial charge in [-0.1, -0.05) is 17.9 Å². The van der Waals surface area contributed by atoms with E-state index in [1.165, 1.54) is 0 Å². The summed E-state index contributed by atoms with van der Waals surface area (Å²) in [6, 6.07) is 0. The second-order valence-corrected chi connectivity index (χ2v) is 0.882. The molecule has 0 saturated carbocycles. The van der Waals surface area contributed by atoms with Crippen LogP contribution in [0.5, 0.6) is 0 Å². The van der Waals surface area contributed by atoms with E-state index in [1.54, 1.807) is 0 Å². The summed E-state index contributed by atoms with van der Waals surface area (Å²) >= 11 is 0. The number of hydrogen-bond acceptors (Lipinski definition) is 2. The minimum Gasteiger partial charge on any atom is -0.0649 e. The molecule has 2 nitrogen and oxygen atoms in total. The van der Waals surface area contributed by atoms with Crippen LogP contribution >= 0.6 is 0 Å². The standard InChI is InChI=1S/C2H2F4N2/c1-2(7(3)4)8(5)6/h1H2. The summed E-state index contributed by atoms with van der Waals surface area (Å²) in [5.41, 5.74) is 0. The lowest BCUT2D eigenvalue weighted by atomic mass is 10.9. The molecule has 0 aromatic rings. The molecule has 0 aliphatic rings. The van der Waals surface area contributed by atoms with Crippen LogP contribution in [0.3, 0.4) is 0 Å². The third-order valence-corrected chi connectivity index (χ3v) is 0.390. The number of hydrogen-bond donors (Lipinski definition) is 0. The molecular weight excluding hydrogens is 128 g/mol. The van der Waals surface area contributed by atoms with Crippen LogP contribution in [-0.4, -0.2) is 10.7 Å². The van der Waals surface area contributed by atoms with Crippen molar-refractivity contribution in [2.75, 3.05) is 0 Å². The molecule has 0 heterocycles. The van der Waals surface area contributed by atoms with Crippen LogP contribution in [0, 0.1) is 0 Å². The fourth-order valence-electron chi connectivity index (χ4n) is 0.0571. The van der Waals surface area contributed by atoms with Gasteiger partial charge in [0.2, 0.25) is 5.82 Å². The Morgan fingerprint density at radius 3 is 1.25 bits per heavy atom. The third-order valence-electron chi connectivity index (χ3n) is 0.390. The maximum Gasteiger partial charge on any atom is 0.227 e. The van der Waals surface area contributed by atoms with Gasteiger partial charge in [-0.05, 0) is 17.3 Å². The Morgan fingerprint density at radius 1 is 1.00 bits per heavy atom. The first-order valence-electron chi connectivity index (χ1n) is 1.48. The average molecular weight is 130 g/mol. The summed E-state index contributed by atoms with van der Waals surface area (Å²) in [5.74, 6) is -1.65. The van der Waals surface area contributed by atoms with Crippen molar-refractivity contribution < 1.29 is 17.9 Å². The molecule has 48 valence electrons. The first-order chi connectivity index (χ1) is 3.55. The Hall–Kier alpha value is -0.940. The predicted octanol–water partition coefficient (Wildman–Crippen LogP) is 1.60. The van der Waals surface area contributed by atoms with Crippen molar-refractivity contribution in [3.05, 3.63) is 12.4 Å². The summed E-state index contributed by atoms with van der Waals surface area (Å²) < 4.78 is 43.6. The molecule has 0 aromatic heterocycles. The summed E-state index contributed by atoms with van der Waals surface area (Å²) in [6.07, 6.45) is 0. The summed E-state index contributed by atoms with van der Waals surface area (Å²) in [5, 5.41) is -3.56. The van der Waals surface area contributed by atoms with Gasteiger partial charge in [0.1, 0.15) is 0 Å². The van der Waals surface area contributed by atoms with Crippen molar-refractivity contribution in [1.82, 2.24) is 10.7 Å². The van der Waals surface area contributed by atoms with Gasteiger partial charge in [0.25, 0.3) is 0 Å². The largest absolute Gasteiger partial charge is 0.227 e. The number of nitrogens with zero attached hydrogens (tertiary/aromatic N) is 2. The smallest absolute Gasteiger partial charge is 0.0649 e. The zero-order chi connectivity index (χ0) is 6.73. The van der Waals surface area contributed by atoms with E-state index in [1.807, 2.05) is 0 Å². The molecule has 0 spiro atoms. The predicted molar refractivity (Wildman–Crippen MR) is 17.2 cm³/mol. The van der Waals surface area contributed by atoms with Crippen molar-refractivity contribution in [2.45, 2.75) is 0 Å². The van der Waals surface area contributed by atoms with E-state index in [0.717, 1.165) is 0 Å². The fourth-order valence-corrected chi connectivity index (χ4v) is 0.0571. The van der Waals surface area contributed by atoms with Gasteiger partial charge in [-0.15, -0.1) is 0 Å². The highest BCUT2D eigenvalue weighted by atomic mass is 19.4. The highest BCUT2D eigenvalue weighted by molar-refractivity contribution is 4.76. The summed E-state index contributed by atoms with van der Waals surface area (Å²) in [7, 11) is 0. The van der Waals surface area contributed by atoms with Crippen molar-refractivity contribution >= 4 is 0 Å². The highest BCUT2D eigenvalue weighted by Crippen LogP contribution is 2.09. The second kappa shape index (κ2) is 2.39. The molecule has 0 N–H and O–H groups in total. The van der Waals surface area contributed by atoms with Crippen LogP contribution in [0.15, 0.2) is 12.4 Å². The van der Waals surface area contributed by atoms with E-state index >= 15 is 0 Å². The molecule has 0 atom stereocenters. The quantitative estimate of drug-likeness (QED) is 0.413. The molecule has 0 bridgehead atoms. The zero-order valence-corrected chi connectivity index (χ0v) is 3.61. The lowest BCUT2D eigenvalue weighted by Crippen LogP contribution is -2.10. The van der Waals surface area contributed by atoms with Crippen molar-refractivity contribution in [1.29, 1.82) is 0 Å². The van der Waals surface area contributed by atoms with Gasteiger partial charge < -0.3 is 0 Å². The van der Waals surface area contributed by atoms with Gasteiger partial charge in [-0.25, -0.2) is 0 Å². The molecule has 0 rings (SSSR count). The van der Waals surface area contributed by atoms with Crippen LogP contribution in [-0.2, 0) is 0 Å². The van der Waals surface area contributed by atoms with Crippen LogP contribution in [0.2, 0.25) is 0 Å². The van der Waals surface area contributed by atoms with E-state index in [-0.39, 0.29) is 0 Å². The topological polar surface area (TPSA) is 6.48 Å². The maximum absolute atomic E-state index is 10.9. The fraction of sp³-hybridized carbons (Fsp3) is 0. The Labute approximate surface area is 42.3 Å². The molecule has 0 unspecified atom stereocenters. The molecule has 8 heavy (non-hydrogen) atoms. The molecular formula is C2H2F4N2. The molecule has 6 heteroatoms. The molecule has 0 radical (unpaired) electrons. The van der Waals surface area contributed by atoms with Crippen LogP contribution in [0.4, 0.5) is 17.9 Å². The van der Waals surface area contributed by atoms with Crippen LogP contribution in [0.1, 0.15) is 0 Å². The summed E-state index contributed by atoms with van der Waals surface area (Å²) in [4.78, 5) is 0. The molecule has 0 aliphatic carbocycles. The van der Waals surface area contributed by atoms with Gasteiger partial charge in [0.05, 0.1) is 0 Å². The van der Waals surface area contributed by atoms with Gasteiger partial charge in [-0.2, -0.15) is 0 Å². The molecule has 0 fully saturated rings. The average Bonchev–Trinajstić information content (AvgIpc) is 1.64. The van der Waals surface area contributed by atoms with E-state index in [2.05, 4.69) is 6.58 Å². The normalized spacial score (nSPS) is 8.50. The SMILES string of the molecule is C=C(N(F)F)N(F)F. The lowest BCUT2D eigenvalue weighted by Gasteiger charge is -2.03. The molecule has 0 saturated heterocycles. The van der Waals surface area contributed by atoms with Gasteiger partial charge in [0, 0.05) is 0 Å².